The second kappa shape index (κ2) is 6.74. The molecule has 0 spiro atoms. The van der Waals surface area contributed by atoms with Crippen LogP contribution in [0.4, 0.5) is 4.39 Å². The monoisotopic (exact) mass is 254 g/mol. The summed E-state index contributed by atoms with van der Waals surface area (Å²) in [5.74, 6) is -1.27. The van der Waals surface area contributed by atoms with Crippen molar-refractivity contribution in [1.29, 1.82) is 0 Å². The fourth-order valence-corrected chi connectivity index (χ4v) is 1.48. The van der Waals surface area contributed by atoms with Gasteiger partial charge in [-0.2, -0.15) is 0 Å². The van der Waals surface area contributed by atoms with E-state index in [0.717, 1.165) is 0 Å². The summed E-state index contributed by atoms with van der Waals surface area (Å²) in [4.78, 5) is 22.6. The van der Waals surface area contributed by atoms with Crippen LogP contribution in [0.15, 0.2) is 18.2 Å². The first kappa shape index (κ1) is 14.2. The molecule has 0 saturated carbocycles. The number of hydrogen-bond donors (Lipinski definition) is 0. The summed E-state index contributed by atoms with van der Waals surface area (Å²) < 4.78 is 22.8. The van der Waals surface area contributed by atoms with Crippen LogP contribution >= 0.6 is 0 Å². The predicted molar refractivity (Wildman–Crippen MR) is 62.9 cm³/mol. The Labute approximate surface area is 105 Å². The number of methoxy groups -OCH3 is 1. The van der Waals surface area contributed by atoms with Crippen LogP contribution < -0.4 is 4.74 Å². The highest BCUT2D eigenvalue weighted by Gasteiger charge is 2.12. The summed E-state index contributed by atoms with van der Waals surface area (Å²) in [7, 11) is 1.37. The highest BCUT2D eigenvalue weighted by molar-refractivity contribution is 5.96. The molecule has 98 valence electrons. The van der Waals surface area contributed by atoms with E-state index in [-0.39, 0.29) is 31.0 Å². The molecular weight excluding hydrogens is 239 g/mol. The number of rotatable bonds is 6. The van der Waals surface area contributed by atoms with Gasteiger partial charge in [0.05, 0.1) is 13.7 Å². The first-order valence-corrected chi connectivity index (χ1v) is 5.56. The Morgan fingerprint density at radius 1 is 1.33 bits per heavy atom. The van der Waals surface area contributed by atoms with E-state index in [1.807, 2.05) is 0 Å². The van der Waals surface area contributed by atoms with Gasteiger partial charge < -0.3 is 9.47 Å². The lowest BCUT2D eigenvalue weighted by atomic mass is 10.1. The summed E-state index contributed by atoms with van der Waals surface area (Å²) in [5, 5.41) is 0. The van der Waals surface area contributed by atoms with Crippen LogP contribution in [0.1, 0.15) is 18.9 Å². The second-order valence-electron chi connectivity index (χ2n) is 3.67. The first-order chi connectivity index (χ1) is 8.56. The van der Waals surface area contributed by atoms with Gasteiger partial charge in [0.15, 0.2) is 11.6 Å². The average molecular weight is 254 g/mol. The zero-order valence-electron chi connectivity index (χ0n) is 10.4. The van der Waals surface area contributed by atoms with Crippen molar-refractivity contribution in [2.45, 2.75) is 19.8 Å². The number of carbonyl (C=O) groups excluding carboxylic acids is 2. The van der Waals surface area contributed by atoms with Crippen LogP contribution in [0.5, 0.6) is 5.75 Å². The van der Waals surface area contributed by atoms with Gasteiger partial charge >= 0.3 is 5.97 Å². The van der Waals surface area contributed by atoms with Crippen LogP contribution in [-0.2, 0) is 20.7 Å². The Hall–Kier alpha value is -1.91. The van der Waals surface area contributed by atoms with E-state index in [0.29, 0.717) is 5.56 Å². The third-order valence-corrected chi connectivity index (χ3v) is 2.26. The zero-order valence-corrected chi connectivity index (χ0v) is 10.4. The number of hydrogen-bond acceptors (Lipinski definition) is 4. The summed E-state index contributed by atoms with van der Waals surface area (Å²) >= 11 is 0. The lowest BCUT2D eigenvalue weighted by Crippen LogP contribution is -2.13. The standard InChI is InChI=1S/C13H15FO4/c1-3-18-13(16)8-10(15)6-9-4-5-12(17-2)11(14)7-9/h4-5,7H,3,6,8H2,1-2H3. The quantitative estimate of drug-likeness (QED) is 0.574. The van der Waals surface area contributed by atoms with Gasteiger partial charge in [0.25, 0.3) is 0 Å². The fourth-order valence-electron chi connectivity index (χ4n) is 1.48. The minimum Gasteiger partial charge on any atom is -0.494 e. The smallest absolute Gasteiger partial charge is 0.313 e. The Morgan fingerprint density at radius 2 is 2.06 bits per heavy atom. The van der Waals surface area contributed by atoms with Crippen molar-refractivity contribution in [1.82, 2.24) is 0 Å². The molecule has 0 N–H and O–H groups in total. The second-order valence-corrected chi connectivity index (χ2v) is 3.67. The van der Waals surface area contributed by atoms with Crippen molar-refractivity contribution in [3.05, 3.63) is 29.6 Å². The Morgan fingerprint density at radius 3 is 2.61 bits per heavy atom. The highest BCUT2D eigenvalue weighted by Crippen LogP contribution is 2.18. The summed E-state index contributed by atoms with van der Waals surface area (Å²) in [6.07, 6.45) is -0.290. The number of halogens is 1. The largest absolute Gasteiger partial charge is 0.494 e. The van der Waals surface area contributed by atoms with Gasteiger partial charge in [-0.3, -0.25) is 9.59 Å². The molecule has 1 aromatic carbocycles. The van der Waals surface area contributed by atoms with E-state index in [4.69, 9.17) is 4.74 Å². The van der Waals surface area contributed by atoms with Gasteiger partial charge in [0.1, 0.15) is 12.2 Å². The van der Waals surface area contributed by atoms with Crippen LogP contribution in [-0.4, -0.2) is 25.5 Å². The molecule has 4 nitrogen and oxygen atoms in total. The van der Waals surface area contributed by atoms with E-state index in [2.05, 4.69) is 4.74 Å². The van der Waals surface area contributed by atoms with Crippen molar-refractivity contribution in [3.8, 4) is 5.75 Å². The Kier molecular flexibility index (Phi) is 5.30. The molecule has 1 aromatic rings. The van der Waals surface area contributed by atoms with E-state index in [9.17, 15) is 14.0 Å². The third-order valence-electron chi connectivity index (χ3n) is 2.26. The normalized spacial score (nSPS) is 9.94. The number of Topliss-reactive ketones (excluding diaryl/α,β-unsaturated/α-hetero) is 1. The number of ketones is 1. The maximum atomic E-state index is 13.4. The van der Waals surface area contributed by atoms with Crippen molar-refractivity contribution in [3.63, 3.8) is 0 Å². The van der Waals surface area contributed by atoms with Crippen LogP contribution in [0, 0.1) is 5.82 Å². The molecule has 0 atom stereocenters. The molecule has 1 rings (SSSR count). The molecule has 0 fully saturated rings. The lowest BCUT2D eigenvalue weighted by Gasteiger charge is -2.05. The number of carbonyl (C=O) groups is 2. The van der Waals surface area contributed by atoms with Crippen LogP contribution in [0.2, 0.25) is 0 Å². The molecule has 0 aromatic heterocycles. The summed E-state index contributed by atoms with van der Waals surface area (Å²) in [5.41, 5.74) is 0.502. The minimum atomic E-state index is -0.559. The van der Waals surface area contributed by atoms with Crippen LogP contribution in [0.3, 0.4) is 0 Å². The number of ether oxygens (including phenoxy) is 2. The molecular formula is C13H15FO4. The van der Waals surface area contributed by atoms with E-state index >= 15 is 0 Å². The van der Waals surface area contributed by atoms with Crippen molar-refractivity contribution in [2.24, 2.45) is 0 Å². The van der Waals surface area contributed by atoms with Crippen molar-refractivity contribution < 1.29 is 23.5 Å². The van der Waals surface area contributed by atoms with Crippen LogP contribution in [0.25, 0.3) is 0 Å². The maximum absolute atomic E-state index is 13.4. The molecule has 5 heteroatoms. The molecule has 0 heterocycles. The topological polar surface area (TPSA) is 52.6 Å². The van der Waals surface area contributed by atoms with Gasteiger partial charge in [-0.15, -0.1) is 0 Å². The highest BCUT2D eigenvalue weighted by atomic mass is 19.1. The lowest BCUT2D eigenvalue weighted by molar-refractivity contribution is -0.145. The number of benzene rings is 1. The molecule has 0 bridgehead atoms. The fraction of sp³-hybridized carbons (Fsp3) is 0.385. The zero-order chi connectivity index (χ0) is 13.5. The molecule has 0 amide bonds. The molecule has 0 aliphatic rings. The molecule has 0 aliphatic carbocycles. The first-order valence-electron chi connectivity index (χ1n) is 5.56. The van der Waals surface area contributed by atoms with E-state index in [1.54, 1.807) is 13.0 Å². The van der Waals surface area contributed by atoms with Gasteiger partial charge in [-0.1, -0.05) is 6.07 Å². The summed E-state index contributed by atoms with van der Waals surface area (Å²) in [6, 6.07) is 4.26. The Bertz CT molecular complexity index is 443. The van der Waals surface area contributed by atoms with Crippen molar-refractivity contribution >= 4 is 11.8 Å². The van der Waals surface area contributed by atoms with Gasteiger partial charge in [0, 0.05) is 6.42 Å². The SMILES string of the molecule is CCOC(=O)CC(=O)Cc1ccc(OC)c(F)c1. The van der Waals surface area contributed by atoms with Gasteiger partial charge in [-0.05, 0) is 24.6 Å². The molecule has 0 unspecified atom stereocenters. The summed E-state index contributed by atoms with van der Waals surface area (Å²) in [6.45, 7) is 1.91. The average Bonchev–Trinajstić information content (AvgIpc) is 2.29. The van der Waals surface area contributed by atoms with Crippen molar-refractivity contribution in [2.75, 3.05) is 13.7 Å². The predicted octanol–water partition coefficient (Wildman–Crippen LogP) is 1.90. The molecule has 0 saturated heterocycles. The van der Waals surface area contributed by atoms with Gasteiger partial charge in [0.2, 0.25) is 0 Å². The third kappa shape index (κ3) is 4.16. The van der Waals surface area contributed by atoms with E-state index < -0.39 is 11.8 Å². The van der Waals surface area contributed by atoms with Gasteiger partial charge in [-0.25, -0.2) is 4.39 Å². The molecule has 0 radical (unpaired) electrons. The van der Waals surface area contributed by atoms with E-state index in [1.165, 1.54) is 19.2 Å². The Balaban J connectivity index is 2.59. The number of esters is 1. The molecule has 0 aliphatic heterocycles. The maximum Gasteiger partial charge on any atom is 0.313 e. The minimum absolute atomic E-state index is 0.000269. The molecule has 18 heavy (non-hydrogen) atoms.